The molecule has 0 radical (unpaired) electrons. The first-order valence-corrected chi connectivity index (χ1v) is 13.9. The number of benzene rings is 1. The molecule has 1 saturated heterocycles. The van der Waals surface area contributed by atoms with E-state index in [1.54, 1.807) is 23.8 Å². The van der Waals surface area contributed by atoms with Crippen LogP contribution in [0.1, 0.15) is 45.1 Å². The van der Waals surface area contributed by atoms with Crippen LogP contribution in [0.25, 0.3) is 22.4 Å². The Morgan fingerprint density at radius 2 is 1.98 bits per heavy atom. The summed E-state index contributed by atoms with van der Waals surface area (Å²) < 4.78 is 61.4. The van der Waals surface area contributed by atoms with Gasteiger partial charge in [0.15, 0.2) is 28.6 Å². The predicted molar refractivity (Wildman–Crippen MR) is 153 cm³/mol. The molecule has 0 spiro atoms. The Kier molecular flexibility index (Phi) is 8.76. The summed E-state index contributed by atoms with van der Waals surface area (Å²) in [4.78, 5) is 31.7. The van der Waals surface area contributed by atoms with Crippen molar-refractivity contribution in [2.24, 2.45) is 5.73 Å². The summed E-state index contributed by atoms with van der Waals surface area (Å²) in [6, 6.07) is 5.25. The number of nitrogens with zero attached hydrogens (tertiary/aromatic N) is 6. The van der Waals surface area contributed by atoms with Crippen LogP contribution in [0, 0.1) is 11.6 Å². The maximum Gasteiger partial charge on any atom is 0.413 e. The number of halogens is 4. The number of hydrogen-bond acceptors (Lipinski definition) is 8. The normalized spacial score (nSPS) is 17.8. The van der Waals surface area contributed by atoms with Crippen molar-refractivity contribution in [1.82, 2.24) is 24.5 Å². The van der Waals surface area contributed by atoms with Gasteiger partial charge in [0, 0.05) is 30.6 Å². The molecule has 1 aliphatic heterocycles. The lowest BCUT2D eigenvalue weighted by Crippen LogP contribution is -2.55. The van der Waals surface area contributed by atoms with Gasteiger partial charge in [-0.3, -0.25) is 10.3 Å². The number of ether oxygens (including phenoxy) is 1. The first-order chi connectivity index (χ1) is 20.5. The van der Waals surface area contributed by atoms with Crippen molar-refractivity contribution in [2.45, 2.75) is 64.1 Å². The number of alkyl halides is 2. The van der Waals surface area contributed by atoms with Crippen LogP contribution in [0.4, 0.5) is 33.9 Å². The van der Waals surface area contributed by atoms with Gasteiger partial charge in [-0.2, -0.15) is 0 Å². The monoisotopic (exact) mass is 600 g/mol. The lowest BCUT2D eigenvalue weighted by atomic mass is 9.86. The van der Waals surface area contributed by atoms with Crippen molar-refractivity contribution in [3.63, 3.8) is 0 Å². The standard InChI is InChI=1S/C29H32F4N8O2/c1-3-17(2)43-28(42)39-26-25-27(37-15-36-26)41(16-38-25)13-19-10-22(18-5-6-20(30)21(31)9-18)35-12-23(19)40-8-4-7-29(34,14-40)11-24(32)33/h5-6,9-10,12,15-17,24H,3-4,7-8,11,13-14,34H2,1-2H3,(H,36,37,39,42)/t17?,29-/m0/s1. The van der Waals surface area contributed by atoms with E-state index >= 15 is 0 Å². The number of imidazole rings is 1. The van der Waals surface area contributed by atoms with Gasteiger partial charge in [0.05, 0.1) is 30.5 Å². The van der Waals surface area contributed by atoms with Gasteiger partial charge in [-0.05, 0) is 56.0 Å². The quantitative estimate of drug-likeness (QED) is 0.241. The van der Waals surface area contributed by atoms with E-state index in [2.05, 4.69) is 25.3 Å². The molecule has 0 bridgehead atoms. The van der Waals surface area contributed by atoms with Gasteiger partial charge >= 0.3 is 6.09 Å². The Morgan fingerprint density at radius 1 is 1.16 bits per heavy atom. The van der Waals surface area contributed by atoms with E-state index in [0.29, 0.717) is 59.5 Å². The molecule has 10 nitrogen and oxygen atoms in total. The van der Waals surface area contributed by atoms with Crippen molar-refractivity contribution in [3.05, 3.63) is 60.3 Å². The summed E-state index contributed by atoms with van der Waals surface area (Å²) in [6.07, 6.45) is 2.19. The average molecular weight is 601 g/mol. The summed E-state index contributed by atoms with van der Waals surface area (Å²) in [6.45, 7) is 4.62. The summed E-state index contributed by atoms with van der Waals surface area (Å²) >= 11 is 0. The van der Waals surface area contributed by atoms with E-state index < -0.39 is 36.1 Å². The lowest BCUT2D eigenvalue weighted by Gasteiger charge is -2.42. The van der Waals surface area contributed by atoms with Gasteiger partial charge in [0.2, 0.25) is 6.43 Å². The Morgan fingerprint density at radius 3 is 2.72 bits per heavy atom. The minimum absolute atomic E-state index is 0.172. The van der Waals surface area contributed by atoms with Crippen LogP contribution in [0.3, 0.4) is 0 Å². The van der Waals surface area contributed by atoms with Crippen molar-refractivity contribution in [3.8, 4) is 11.3 Å². The van der Waals surface area contributed by atoms with Crippen molar-refractivity contribution in [2.75, 3.05) is 23.3 Å². The summed E-state index contributed by atoms with van der Waals surface area (Å²) in [5.74, 6) is -1.82. The van der Waals surface area contributed by atoms with Crippen LogP contribution < -0.4 is 16.0 Å². The molecule has 14 heteroatoms. The van der Waals surface area contributed by atoms with E-state index in [1.165, 1.54) is 18.7 Å². The predicted octanol–water partition coefficient (Wildman–Crippen LogP) is 5.51. The Hall–Kier alpha value is -4.33. The van der Waals surface area contributed by atoms with Crippen molar-refractivity contribution < 1.29 is 27.1 Å². The molecule has 1 unspecified atom stereocenters. The molecule has 1 aliphatic rings. The van der Waals surface area contributed by atoms with Gasteiger partial charge in [-0.25, -0.2) is 37.3 Å². The summed E-state index contributed by atoms with van der Waals surface area (Å²) in [7, 11) is 0. The smallest absolute Gasteiger partial charge is 0.413 e. The summed E-state index contributed by atoms with van der Waals surface area (Å²) in [5.41, 5.74) is 8.15. The average Bonchev–Trinajstić information content (AvgIpc) is 3.37. The Bertz CT molecular complexity index is 1620. The number of hydrogen-bond donors (Lipinski definition) is 2. The van der Waals surface area contributed by atoms with Crippen LogP contribution in [-0.2, 0) is 11.3 Å². The number of pyridine rings is 1. The van der Waals surface area contributed by atoms with Gasteiger partial charge in [-0.1, -0.05) is 6.92 Å². The lowest BCUT2D eigenvalue weighted by molar-refractivity contribution is 0.0983. The van der Waals surface area contributed by atoms with Crippen LogP contribution in [0.5, 0.6) is 0 Å². The molecule has 3 aromatic heterocycles. The maximum absolute atomic E-state index is 14.1. The van der Waals surface area contributed by atoms with Crippen LogP contribution in [0.15, 0.2) is 43.1 Å². The second-order valence-corrected chi connectivity index (χ2v) is 10.8. The van der Waals surface area contributed by atoms with E-state index in [4.69, 9.17) is 10.5 Å². The highest BCUT2D eigenvalue weighted by Gasteiger charge is 2.35. The number of aromatic nitrogens is 5. The molecule has 228 valence electrons. The number of nitrogens with two attached hydrogens (primary N) is 1. The van der Waals surface area contributed by atoms with E-state index in [-0.39, 0.29) is 25.0 Å². The molecular weight excluding hydrogens is 568 g/mol. The minimum Gasteiger partial charge on any atom is -0.446 e. The van der Waals surface area contributed by atoms with E-state index in [0.717, 1.165) is 12.1 Å². The molecule has 1 amide bonds. The largest absolute Gasteiger partial charge is 0.446 e. The molecule has 4 aromatic rings. The third-order valence-corrected chi connectivity index (χ3v) is 7.54. The van der Waals surface area contributed by atoms with Crippen LogP contribution in [-0.4, -0.2) is 61.8 Å². The number of amides is 1. The number of anilines is 2. The van der Waals surface area contributed by atoms with Crippen LogP contribution in [0.2, 0.25) is 0 Å². The number of carbonyl (C=O) groups excluding carboxylic acids is 1. The molecule has 1 aromatic carbocycles. The third-order valence-electron chi connectivity index (χ3n) is 7.54. The maximum atomic E-state index is 14.1. The molecule has 3 N–H and O–H groups in total. The fourth-order valence-electron chi connectivity index (χ4n) is 5.22. The highest BCUT2D eigenvalue weighted by Crippen LogP contribution is 2.33. The molecule has 5 rings (SSSR count). The highest BCUT2D eigenvalue weighted by atomic mass is 19.3. The Labute approximate surface area is 245 Å². The fraction of sp³-hybridized carbons (Fsp3) is 0.414. The minimum atomic E-state index is -2.54. The molecule has 1 fully saturated rings. The van der Waals surface area contributed by atoms with Crippen molar-refractivity contribution >= 4 is 28.8 Å². The topological polar surface area (TPSA) is 124 Å². The molecule has 0 aliphatic carbocycles. The highest BCUT2D eigenvalue weighted by molar-refractivity contribution is 5.93. The zero-order valence-corrected chi connectivity index (χ0v) is 23.7. The third kappa shape index (κ3) is 6.85. The number of rotatable bonds is 9. The molecule has 2 atom stereocenters. The first-order valence-electron chi connectivity index (χ1n) is 13.9. The second-order valence-electron chi connectivity index (χ2n) is 10.8. The number of carbonyl (C=O) groups is 1. The van der Waals surface area contributed by atoms with Crippen LogP contribution >= 0.6 is 0 Å². The molecule has 0 saturated carbocycles. The number of piperidine rings is 1. The van der Waals surface area contributed by atoms with Gasteiger partial charge < -0.3 is 19.9 Å². The molecular formula is C29H32F4N8O2. The molecule has 4 heterocycles. The SMILES string of the molecule is CCC(C)OC(=O)Nc1ncnc2c1ncn2Cc1cc(-c2ccc(F)c(F)c2)ncc1N1CCC[C@](N)(CC(F)F)C1. The van der Waals surface area contributed by atoms with Gasteiger partial charge in [0.1, 0.15) is 12.4 Å². The van der Waals surface area contributed by atoms with E-state index in [9.17, 15) is 22.4 Å². The summed E-state index contributed by atoms with van der Waals surface area (Å²) in [5, 5.41) is 2.61. The van der Waals surface area contributed by atoms with Gasteiger partial charge in [-0.15, -0.1) is 0 Å². The number of nitrogens with one attached hydrogen (secondary N) is 1. The first kappa shape index (κ1) is 30.1. The number of fused-ring (bicyclic) bond motifs is 1. The fourth-order valence-corrected chi connectivity index (χ4v) is 5.22. The van der Waals surface area contributed by atoms with Gasteiger partial charge in [0.25, 0.3) is 0 Å². The zero-order valence-electron chi connectivity index (χ0n) is 23.7. The second kappa shape index (κ2) is 12.5. The van der Waals surface area contributed by atoms with E-state index in [1.807, 2.05) is 11.8 Å². The molecule has 43 heavy (non-hydrogen) atoms. The Balaban J connectivity index is 1.51. The zero-order chi connectivity index (χ0) is 30.7. The van der Waals surface area contributed by atoms with Crippen molar-refractivity contribution in [1.29, 1.82) is 0 Å².